The number of rotatable bonds is 2. The Hall–Kier alpha value is -2.62. The van der Waals surface area contributed by atoms with Gasteiger partial charge in [0.05, 0.1) is 28.8 Å². The van der Waals surface area contributed by atoms with E-state index in [4.69, 9.17) is 5.73 Å². The molecule has 1 aromatic carbocycles. The molecule has 2 aromatic heterocycles. The summed E-state index contributed by atoms with van der Waals surface area (Å²) in [7, 11) is 0. The van der Waals surface area contributed by atoms with E-state index in [0.29, 0.717) is 5.69 Å². The highest BCUT2D eigenvalue weighted by Gasteiger charge is 2.04. The van der Waals surface area contributed by atoms with Gasteiger partial charge in [0, 0.05) is 17.3 Å². The Labute approximate surface area is 111 Å². The molecule has 0 bridgehead atoms. The first-order chi connectivity index (χ1) is 9.24. The van der Waals surface area contributed by atoms with Gasteiger partial charge in [0.15, 0.2) is 0 Å². The molecule has 0 radical (unpaired) electrons. The molecule has 0 aliphatic rings. The van der Waals surface area contributed by atoms with E-state index in [1.807, 2.05) is 37.3 Å². The molecule has 2 heterocycles. The van der Waals surface area contributed by atoms with Crippen molar-refractivity contribution in [3.05, 3.63) is 54.5 Å². The molecule has 3 aromatic rings. The van der Waals surface area contributed by atoms with Crippen LogP contribution < -0.4 is 11.1 Å². The monoisotopic (exact) mass is 250 g/mol. The third-order valence-electron chi connectivity index (χ3n) is 2.98. The van der Waals surface area contributed by atoms with Crippen LogP contribution in [0.4, 0.5) is 17.1 Å². The molecular weight excluding hydrogens is 236 g/mol. The average molecular weight is 250 g/mol. The summed E-state index contributed by atoms with van der Waals surface area (Å²) >= 11 is 0. The molecule has 19 heavy (non-hydrogen) atoms. The minimum atomic E-state index is 0.618. The molecule has 4 nitrogen and oxygen atoms in total. The number of aromatic nitrogens is 2. The number of nitrogens with zero attached hydrogens (tertiary/aromatic N) is 2. The summed E-state index contributed by atoms with van der Waals surface area (Å²) in [6, 6.07) is 12.0. The van der Waals surface area contributed by atoms with Gasteiger partial charge in [-0.05, 0) is 25.1 Å². The van der Waals surface area contributed by atoms with Crippen LogP contribution in [-0.2, 0) is 0 Å². The summed E-state index contributed by atoms with van der Waals surface area (Å²) in [5.74, 6) is 0. The van der Waals surface area contributed by atoms with Crippen LogP contribution in [0.25, 0.3) is 10.9 Å². The zero-order valence-corrected chi connectivity index (χ0v) is 10.6. The number of nitrogens with one attached hydrogen (secondary N) is 1. The van der Waals surface area contributed by atoms with Crippen molar-refractivity contribution in [2.24, 2.45) is 0 Å². The van der Waals surface area contributed by atoms with Crippen molar-refractivity contribution in [3.8, 4) is 0 Å². The van der Waals surface area contributed by atoms with Crippen molar-refractivity contribution in [1.82, 2.24) is 9.97 Å². The van der Waals surface area contributed by atoms with Gasteiger partial charge in [-0.25, -0.2) is 0 Å². The number of fused-ring (bicyclic) bond motifs is 1. The zero-order valence-electron chi connectivity index (χ0n) is 10.6. The quantitative estimate of drug-likeness (QED) is 0.732. The van der Waals surface area contributed by atoms with E-state index < -0.39 is 0 Å². The standard InChI is InChI=1S/C15H14N4/c1-10-5-6-11-3-2-4-14(15(11)18-10)19-13-7-8-17-9-12(13)16/h2-9H,16H2,1H3,(H,17,19). The number of hydrogen-bond acceptors (Lipinski definition) is 4. The van der Waals surface area contributed by atoms with Gasteiger partial charge >= 0.3 is 0 Å². The number of hydrogen-bond donors (Lipinski definition) is 2. The maximum atomic E-state index is 5.90. The Morgan fingerprint density at radius 2 is 1.95 bits per heavy atom. The summed E-state index contributed by atoms with van der Waals surface area (Å²) < 4.78 is 0. The lowest BCUT2D eigenvalue weighted by Gasteiger charge is -2.11. The molecule has 3 N–H and O–H groups in total. The fourth-order valence-corrected chi connectivity index (χ4v) is 2.01. The first-order valence-corrected chi connectivity index (χ1v) is 6.07. The first kappa shape index (κ1) is 11.5. The van der Waals surface area contributed by atoms with E-state index in [1.54, 1.807) is 12.4 Å². The van der Waals surface area contributed by atoms with Crippen LogP contribution in [0.3, 0.4) is 0 Å². The lowest BCUT2D eigenvalue weighted by molar-refractivity contribution is 1.25. The number of aryl methyl sites for hydroxylation is 1. The average Bonchev–Trinajstić information content (AvgIpc) is 2.42. The van der Waals surface area contributed by atoms with Gasteiger partial charge in [0.1, 0.15) is 0 Å². The predicted molar refractivity (Wildman–Crippen MR) is 78.4 cm³/mol. The number of anilines is 3. The van der Waals surface area contributed by atoms with E-state index in [9.17, 15) is 0 Å². The van der Waals surface area contributed by atoms with Crippen LogP contribution in [0, 0.1) is 6.92 Å². The minimum absolute atomic E-state index is 0.618. The highest BCUT2D eigenvalue weighted by molar-refractivity contribution is 5.93. The van der Waals surface area contributed by atoms with E-state index in [2.05, 4.69) is 21.4 Å². The van der Waals surface area contributed by atoms with Crippen LogP contribution in [0.15, 0.2) is 48.8 Å². The number of pyridine rings is 2. The van der Waals surface area contributed by atoms with Crippen LogP contribution in [0.1, 0.15) is 5.69 Å². The number of nitrogen functional groups attached to an aromatic ring is 1. The van der Waals surface area contributed by atoms with Crippen molar-refractivity contribution in [3.63, 3.8) is 0 Å². The first-order valence-electron chi connectivity index (χ1n) is 6.07. The molecule has 94 valence electrons. The van der Waals surface area contributed by atoms with E-state index in [-0.39, 0.29) is 0 Å². The molecule has 0 saturated heterocycles. The van der Waals surface area contributed by atoms with Crippen molar-refractivity contribution < 1.29 is 0 Å². The maximum Gasteiger partial charge on any atom is 0.0939 e. The molecule has 0 unspecified atom stereocenters. The third-order valence-corrected chi connectivity index (χ3v) is 2.98. The smallest absolute Gasteiger partial charge is 0.0939 e. The van der Waals surface area contributed by atoms with E-state index in [1.165, 1.54) is 0 Å². The maximum absolute atomic E-state index is 5.90. The molecule has 4 heteroatoms. The van der Waals surface area contributed by atoms with Crippen molar-refractivity contribution >= 4 is 28.0 Å². The molecule has 0 spiro atoms. The minimum Gasteiger partial charge on any atom is -0.396 e. The summed E-state index contributed by atoms with van der Waals surface area (Å²) in [5, 5.41) is 4.42. The molecule has 3 rings (SSSR count). The molecule has 0 fully saturated rings. The Morgan fingerprint density at radius 1 is 1.05 bits per heavy atom. The second kappa shape index (κ2) is 4.57. The Morgan fingerprint density at radius 3 is 2.79 bits per heavy atom. The third kappa shape index (κ3) is 2.20. The molecule has 0 aliphatic heterocycles. The number of para-hydroxylation sites is 1. The molecule has 0 atom stereocenters. The van der Waals surface area contributed by atoms with Crippen molar-refractivity contribution in [1.29, 1.82) is 0 Å². The van der Waals surface area contributed by atoms with Gasteiger partial charge in [-0.15, -0.1) is 0 Å². The molecule has 0 aliphatic carbocycles. The summed E-state index contributed by atoms with van der Waals surface area (Å²) in [4.78, 5) is 8.56. The SMILES string of the molecule is Cc1ccc2cccc(Nc3ccncc3N)c2n1. The summed E-state index contributed by atoms with van der Waals surface area (Å²) in [5.41, 5.74) is 10.2. The van der Waals surface area contributed by atoms with Gasteiger partial charge in [0.25, 0.3) is 0 Å². The van der Waals surface area contributed by atoms with Crippen LogP contribution in [-0.4, -0.2) is 9.97 Å². The Kier molecular flexibility index (Phi) is 2.76. The fraction of sp³-hybridized carbons (Fsp3) is 0.0667. The lowest BCUT2D eigenvalue weighted by Crippen LogP contribution is -1.98. The van der Waals surface area contributed by atoms with Crippen LogP contribution in [0.5, 0.6) is 0 Å². The van der Waals surface area contributed by atoms with Crippen molar-refractivity contribution in [2.75, 3.05) is 11.1 Å². The second-order valence-electron chi connectivity index (χ2n) is 4.42. The van der Waals surface area contributed by atoms with Gasteiger partial charge in [-0.2, -0.15) is 0 Å². The molecular formula is C15H14N4. The largest absolute Gasteiger partial charge is 0.396 e. The van der Waals surface area contributed by atoms with E-state index in [0.717, 1.165) is 28.0 Å². The normalized spacial score (nSPS) is 10.6. The fourth-order valence-electron chi connectivity index (χ4n) is 2.01. The van der Waals surface area contributed by atoms with E-state index >= 15 is 0 Å². The topological polar surface area (TPSA) is 63.8 Å². The Balaban J connectivity index is 2.10. The second-order valence-corrected chi connectivity index (χ2v) is 4.42. The predicted octanol–water partition coefficient (Wildman–Crippen LogP) is 3.26. The van der Waals surface area contributed by atoms with Gasteiger partial charge < -0.3 is 11.1 Å². The van der Waals surface area contributed by atoms with Crippen LogP contribution >= 0.6 is 0 Å². The lowest BCUT2D eigenvalue weighted by atomic mass is 10.1. The molecule has 0 amide bonds. The zero-order chi connectivity index (χ0) is 13.2. The summed E-state index contributed by atoms with van der Waals surface area (Å²) in [6.45, 7) is 1.98. The molecule has 0 saturated carbocycles. The highest BCUT2D eigenvalue weighted by atomic mass is 14.9. The Bertz CT molecular complexity index is 737. The van der Waals surface area contributed by atoms with Crippen LogP contribution in [0.2, 0.25) is 0 Å². The number of benzene rings is 1. The van der Waals surface area contributed by atoms with Gasteiger partial charge in [0.2, 0.25) is 0 Å². The number of nitrogens with two attached hydrogens (primary N) is 1. The highest BCUT2D eigenvalue weighted by Crippen LogP contribution is 2.27. The van der Waals surface area contributed by atoms with Gasteiger partial charge in [-0.1, -0.05) is 18.2 Å². The van der Waals surface area contributed by atoms with Gasteiger partial charge in [-0.3, -0.25) is 9.97 Å². The van der Waals surface area contributed by atoms with Crippen molar-refractivity contribution in [2.45, 2.75) is 6.92 Å². The summed E-state index contributed by atoms with van der Waals surface area (Å²) in [6.07, 6.45) is 3.34.